The summed E-state index contributed by atoms with van der Waals surface area (Å²) < 4.78 is 0. The van der Waals surface area contributed by atoms with Crippen LogP contribution in [0.25, 0.3) is 0 Å². The van der Waals surface area contributed by atoms with E-state index in [2.05, 4.69) is 29.1 Å². The molecular weight excluding hydrogens is 216 g/mol. The van der Waals surface area contributed by atoms with E-state index < -0.39 is 0 Å². The average Bonchev–Trinajstić information content (AvgIpc) is 2.27. The third-order valence-corrected chi connectivity index (χ3v) is 2.89. The van der Waals surface area contributed by atoms with Crippen LogP contribution in [0.15, 0.2) is 0 Å². The molecule has 0 aromatic carbocycles. The minimum atomic E-state index is -0.381. The molecule has 0 spiro atoms. The molecule has 1 aromatic rings. The molecule has 2 heterocycles. The van der Waals surface area contributed by atoms with Gasteiger partial charge >= 0.3 is 0 Å². The molecule has 0 saturated carbocycles. The topological polar surface area (TPSA) is 80.9 Å². The zero-order valence-electron chi connectivity index (χ0n) is 10.3. The summed E-state index contributed by atoms with van der Waals surface area (Å²) in [5.74, 6) is 0.508. The van der Waals surface area contributed by atoms with Crippen LogP contribution < -0.4 is 11.1 Å². The van der Waals surface area contributed by atoms with Crippen molar-refractivity contribution in [2.45, 2.75) is 39.2 Å². The lowest BCUT2D eigenvalue weighted by Crippen LogP contribution is -2.28. The van der Waals surface area contributed by atoms with Crippen LogP contribution in [-0.4, -0.2) is 22.4 Å². The number of aromatic nitrogens is 2. The van der Waals surface area contributed by atoms with Crippen molar-refractivity contribution in [3.8, 4) is 0 Å². The normalized spacial score (nSPS) is 14.8. The Balaban J connectivity index is 2.44. The largest absolute Gasteiger partial charge is 0.369 e. The van der Waals surface area contributed by atoms with Crippen LogP contribution in [0.1, 0.15) is 42.5 Å². The van der Waals surface area contributed by atoms with E-state index in [-0.39, 0.29) is 12.3 Å². The van der Waals surface area contributed by atoms with Gasteiger partial charge in [0.25, 0.3) is 0 Å². The van der Waals surface area contributed by atoms with Crippen LogP contribution in [0.2, 0.25) is 0 Å². The maximum atomic E-state index is 10.9. The number of nitrogens with two attached hydrogens (primary N) is 1. The molecule has 5 heteroatoms. The minimum Gasteiger partial charge on any atom is -0.369 e. The second kappa shape index (κ2) is 4.79. The summed E-state index contributed by atoms with van der Waals surface area (Å²) in [7, 11) is 0. The molecule has 0 atom stereocenters. The van der Waals surface area contributed by atoms with Gasteiger partial charge in [0.15, 0.2) is 0 Å². The molecule has 1 amide bonds. The van der Waals surface area contributed by atoms with Crippen LogP contribution in [0.5, 0.6) is 0 Å². The first-order chi connectivity index (χ1) is 8.08. The van der Waals surface area contributed by atoms with Gasteiger partial charge in [0.05, 0.1) is 17.8 Å². The molecule has 1 aliphatic heterocycles. The van der Waals surface area contributed by atoms with Crippen molar-refractivity contribution >= 4 is 5.91 Å². The highest BCUT2D eigenvalue weighted by Crippen LogP contribution is 2.22. The fourth-order valence-electron chi connectivity index (χ4n) is 2.13. The van der Waals surface area contributed by atoms with Crippen molar-refractivity contribution in [2.24, 2.45) is 5.73 Å². The molecule has 92 valence electrons. The molecule has 0 saturated heterocycles. The summed E-state index contributed by atoms with van der Waals surface area (Å²) in [6.07, 6.45) is 1.02. The first-order valence-electron chi connectivity index (χ1n) is 5.95. The van der Waals surface area contributed by atoms with E-state index >= 15 is 0 Å². The monoisotopic (exact) mass is 234 g/mol. The first kappa shape index (κ1) is 12.0. The SMILES string of the molecule is CC(C)c1nc(CC(N)=O)nc2c1CNCC2. The maximum absolute atomic E-state index is 10.9. The molecule has 0 unspecified atom stereocenters. The highest BCUT2D eigenvalue weighted by Gasteiger charge is 2.19. The summed E-state index contributed by atoms with van der Waals surface area (Å²) in [6.45, 7) is 5.95. The smallest absolute Gasteiger partial charge is 0.225 e. The summed E-state index contributed by atoms with van der Waals surface area (Å²) in [5, 5.41) is 3.32. The Bertz CT molecular complexity index is 442. The second-order valence-electron chi connectivity index (χ2n) is 4.67. The lowest BCUT2D eigenvalue weighted by Gasteiger charge is -2.21. The molecular formula is C12H18N4O. The number of rotatable bonds is 3. The van der Waals surface area contributed by atoms with Crippen molar-refractivity contribution in [3.05, 3.63) is 22.8 Å². The number of fused-ring (bicyclic) bond motifs is 1. The van der Waals surface area contributed by atoms with Gasteiger partial charge in [-0.25, -0.2) is 9.97 Å². The van der Waals surface area contributed by atoms with Gasteiger partial charge in [0.1, 0.15) is 5.82 Å². The lowest BCUT2D eigenvalue weighted by molar-refractivity contribution is -0.117. The van der Waals surface area contributed by atoms with E-state index in [9.17, 15) is 4.79 Å². The lowest BCUT2D eigenvalue weighted by atomic mass is 9.98. The molecule has 17 heavy (non-hydrogen) atoms. The van der Waals surface area contributed by atoms with Gasteiger partial charge < -0.3 is 11.1 Å². The van der Waals surface area contributed by atoms with Gasteiger partial charge in [0.2, 0.25) is 5.91 Å². The third kappa shape index (κ3) is 2.61. The van der Waals surface area contributed by atoms with Crippen molar-refractivity contribution in [1.82, 2.24) is 15.3 Å². The number of nitrogens with zero attached hydrogens (tertiary/aromatic N) is 2. The van der Waals surface area contributed by atoms with E-state index in [1.807, 2.05) is 0 Å². The number of hydrogen-bond acceptors (Lipinski definition) is 4. The van der Waals surface area contributed by atoms with Gasteiger partial charge in [-0.3, -0.25) is 4.79 Å². The Morgan fingerprint density at radius 1 is 1.47 bits per heavy atom. The Kier molecular flexibility index (Phi) is 3.38. The minimum absolute atomic E-state index is 0.125. The van der Waals surface area contributed by atoms with Gasteiger partial charge in [-0.15, -0.1) is 0 Å². The zero-order valence-corrected chi connectivity index (χ0v) is 10.3. The number of hydrogen-bond donors (Lipinski definition) is 2. The molecule has 1 aliphatic rings. The van der Waals surface area contributed by atoms with Gasteiger partial charge in [-0.05, 0) is 5.92 Å². The quantitative estimate of drug-likeness (QED) is 0.786. The van der Waals surface area contributed by atoms with Crippen molar-refractivity contribution in [2.75, 3.05) is 6.54 Å². The number of primary amides is 1. The number of amides is 1. The van der Waals surface area contributed by atoms with Crippen LogP contribution in [-0.2, 0) is 24.2 Å². The van der Waals surface area contributed by atoms with E-state index in [1.165, 1.54) is 5.56 Å². The average molecular weight is 234 g/mol. The maximum Gasteiger partial charge on any atom is 0.225 e. The molecule has 3 N–H and O–H groups in total. The Morgan fingerprint density at radius 3 is 2.88 bits per heavy atom. The number of carbonyl (C=O) groups excluding carboxylic acids is 1. The van der Waals surface area contributed by atoms with Crippen LogP contribution in [0, 0.1) is 0 Å². The molecule has 0 radical (unpaired) electrons. The summed E-state index contributed by atoms with van der Waals surface area (Å²) in [6, 6.07) is 0. The Hall–Kier alpha value is -1.49. The summed E-state index contributed by atoms with van der Waals surface area (Å²) >= 11 is 0. The van der Waals surface area contributed by atoms with Crippen molar-refractivity contribution < 1.29 is 4.79 Å². The van der Waals surface area contributed by atoms with Crippen LogP contribution >= 0.6 is 0 Å². The van der Waals surface area contributed by atoms with Crippen LogP contribution in [0.3, 0.4) is 0 Å². The molecule has 0 fully saturated rings. The summed E-state index contributed by atoms with van der Waals surface area (Å²) in [4.78, 5) is 19.9. The highest BCUT2D eigenvalue weighted by atomic mass is 16.1. The fraction of sp³-hybridized carbons (Fsp3) is 0.583. The van der Waals surface area contributed by atoms with Crippen molar-refractivity contribution in [1.29, 1.82) is 0 Å². The van der Waals surface area contributed by atoms with Crippen molar-refractivity contribution in [3.63, 3.8) is 0 Å². The van der Waals surface area contributed by atoms with E-state index in [4.69, 9.17) is 5.73 Å². The molecule has 0 aliphatic carbocycles. The van der Waals surface area contributed by atoms with Gasteiger partial charge in [-0.1, -0.05) is 13.8 Å². The second-order valence-corrected chi connectivity index (χ2v) is 4.67. The predicted octanol–water partition coefficient (Wildman–Crippen LogP) is 0.273. The van der Waals surface area contributed by atoms with E-state index in [0.717, 1.165) is 30.9 Å². The Morgan fingerprint density at radius 2 is 2.24 bits per heavy atom. The molecule has 1 aromatic heterocycles. The van der Waals surface area contributed by atoms with Gasteiger partial charge in [0, 0.05) is 25.1 Å². The van der Waals surface area contributed by atoms with E-state index in [0.29, 0.717) is 11.7 Å². The van der Waals surface area contributed by atoms with Gasteiger partial charge in [-0.2, -0.15) is 0 Å². The number of nitrogens with one attached hydrogen (secondary N) is 1. The predicted molar refractivity (Wildman–Crippen MR) is 64.4 cm³/mol. The molecule has 5 nitrogen and oxygen atoms in total. The molecule has 0 bridgehead atoms. The fourth-order valence-corrected chi connectivity index (χ4v) is 2.13. The molecule has 2 rings (SSSR count). The summed E-state index contributed by atoms with van der Waals surface area (Å²) in [5.41, 5.74) is 8.50. The Labute approximate surface area is 101 Å². The first-order valence-corrected chi connectivity index (χ1v) is 5.95. The zero-order chi connectivity index (χ0) is 12.4. The standard InChI is InChI=1S/C12H18N4O/c1-7(2)12-8-6-14-4-3-9(8)15-11(16-12)5-10(13)17/h7,14H,3-6H2,1-2H3,(H2,13,17). The number of carbonyl (C=O) groups is 1. The highest BCUT2D eigenvalue weighted by molar-refractivity contribution is 5.75. The third-order valence-electron chi connectivity index (χ3n) is 2.89. The van der Waals surface area contributed by atoms with Crippen LogP contribution in [0.4, 0.5) is 0 Å². The van der Waals surface area contributed by atoms with E-state index in [1.54, 1.807) is 0 Å².